The van der Waals surface area contributed by atoms with Crippen molar-refractivity contribution < 1.29 is 8.42 Å². The molecule has 0 radical (unpaired) electrons. The Morgan fingerprint density at radius 1 is 1.03 bits per heavy atom. The number of sulfonamides is 1. The smallest absolute Gasteiger partial charge is 0.243 e. The van der Waals surface area contributed by atoms with Crippen LogP contribution in [0.15, 0.2) is 47.4 Å². The second-order valence-corrected chi connectivity index (χ2v) is 10.5. The van der Waals surface area contributed by atoms with Crippen LogP contribution in [0.25, 0.3) is 11.0 Å². The van der Waals surface area contributed by atoms with E-state index < -0.39 is 10.0 Å². The molecule has 172 valence electrons. The highest BCUT2D eigenvalue weighted by Gasteiger charge is 2.26. The van der Waals surface area contributed by atoms with E-state index in [0.29, 0.717) is 24.5 Å². The van der Waals surface area contributed by atoms with Crippen molar-refractivity contribution >= 4 is 21.1 Å². The number of rotatable bonds is 8. The first-order valence-corrected chi connectivity index (χ1v) is 13.2. The summed E-state index contributed by atoms with van der Waals surface area (Å²) in [5.41, 5.74) is 4.30. The average Bonchev–Trinajstić information content (AvgIpc) is 3.19. The number of aromatic nitrogens is 2. The minimum Gasteiger partial charge on any atom is -0.327 e. The van der Waals surface area contributed by atoms with Gasteiger partial charge in [-0.05, 0) is 62.4 Å². The van der Waals surface area contributed by atoms with Crippen LogP contribution in [0.5, 0.6) is 0 Å². The third kappa shape index (κ3) is 4.60. The normalized spacial score (nSPS) is 16.5. The van der Waals surface area contributed by atoms with E-state index in [2.05, 4.69) is 54.9 Å². The lowest BCUT2D eigenvalue weighted by molar-refractivity contribution is 0.346. The van der Waals surface area contributed by atoms with E-state index in [1.165, 1.54) is 11.1 Å². The van der Waals surface area contributed by atoms with Crippen LogP contribution >= 0.6 is 0 Å². The van der Waals surface area contributed by atoms with Gasteiger partial charge in [-0.3, -0.25) is 0 Å². The van der Waals surface area contributed by atoms with Crippen molar-refractivity contribution in [2.24, 2.45) is 0 Å². The molecule has 0 spiro atoms. The topological polar surface area (TPSA) is 67.2 Å². The fraction of sp³-hybridized carbons (Fsp3) is 0.480. The summed E-state index contributed by atoms with van der Waals surface area (Å²) >= 11 is 0. The highest BCUT2D eigenvalue weighted by molar-refractivity contribution is 7.89. The second kappa shape index (κ2) is 9.73. The molecule has 2 aromatic carbocycles. The third-order valence-corrected chi connectivity index (χ3v) is 8.42. The number of aryl methyl sites for hydroxylation is 2. The van der Waals surface area contributed by atoms with Crippen LogP contribution in [0.1, 0.15) is 63.0 Å². The SMILES string of the molecule is CCc1ccc([C@H](C)NCc2nc3cc(S(=O)(=O)N4CCCCC4)ccc3n2CC)cc1. The molecule has 0 bridgehead atoms. The third-order valence-electron chi connectivity index (χ3n) is 6.52. The lowest BCUT2D eigenvalue weighted by Gasteiger charge is -2.25. The molecule has 0 aliphatic carbocycles. The zero-order valence-electron chi connectivity index (χ0n) is 19.3. The predicted molar refractivity (Wildman–Crippen MR) is 129 cm³/mol. The molecular formula is C25H34N4O2S. The van der Waals surface area contributed by atoms with Crippen molar-refractivity contribution in [2.45, 2.75) is 70.5 Å². The van der Waals surface area contributed by atoms with Gasteiger partial charge in [-0.1, -0.05) is 37.6 Å². The van der Waals surface area contributed by atoms with E-state index in [1.54, 1.807) is 16.4 Å². The van der Waals surface area contributed by atoms with Crippen molar-refractivity contribution in [2.75, 3.05) is 13.1 Å². The molecule has 1 aromatic heterocycles. The Hall–Kier alpha value is -2.22. The minimum absolute atomic E-state index is 0.195. The van der Waals surface area contributed by atoms with Gasteiger partial charge in [0.05, 0.1) is 22.5 Å². The monoisotopic (exact) mass is 454 g/mol. The quantitative estimate of drug-likeness (QED) is 0.538. The molecule has 1 N–H and O–H groups in total. The Morgan fingerprint density at radius 2 is 1.75 bits per heavy atom. The number of hydrogen-bond donors (Lipinski definition) is 1. The largest absolute Gasteiger partial charge is 0.327 e. The molecule has 2 heterocycles. The summed E-state index contributed by atoms with van der Waals surface area (Å²) in [5, 5.41) is 3.58. The number of imidazole rings is 1. The summed E-state index contributed by atoms with van der Waals surface area (Å²) < 4.78 is 30.0. The van der Waals surface area contributed by atoms with Crippen LogP contribution < -0.4 is 5.32 Å². The Kier molecular flexibility index (Phi) is 6.98. The van der Waals surface area contributed by atoms with Gasteiger partial charge in [-0.15, -0.1) is 0 Å². The zero-order valence-corrected chi connectivity index (χ0v) is 20.2. The van der Waals surface area contributed by atoms with E-state index in [9.17, 15) is 8.42 Å². The Balaban J connectivity index is 1.55. The van der Waals surface area contributed by atoms with E-state index in [0.717, 1.165) is 49.1 Å². The number of benzene rings is 2. The maximum Gasteiger partial charge on any atom is 0.243 e. The maximum atomic E-state index is 13.1. The predicted octanol–water partition coefficient (Wildman–Crippen LogP) is 4.64. The van der Waals surface area contributed by atoms with E-state index in [4.69, 9.17) is 4.98 Å². The van der Waals surface area contributed by atoms with Gasteiger partial charge < -0.3 is 9.88 Å². The highest BCUT2D eigenvalue weighted by Crippen LogP contribution is 2.25. The lowest BCUT2D eigenvalue weighted by Crippen LogP contribution is -2.35. The first-order valence-electron chi connectivity index (χ1n) is 11.8. The molecule has 1 atom stereocenters. The average molecular weight is 455 g/mol. The summed E-state index contributed by atoms with van der Waals surface area (Å²) in [6, 6.07) is 14.3. The molecule has 4 rings (SSSR count). The number of nitrogens with one attached hydrogen (secondary N) is 1. The standard InChI is InChI=1S/C25H34N4O2S/c1-4-20-9-11-21(12-10-20)19(3)26-18-25-27-23-17-22(13-14-24(23)29(25)5-2)32(30,31)28-15-7-6-8-16-28/h9-14,17,19,26H,4-8,15-16,18H2,1-3H3/t19-/m0/s1. The molecule has 1 aliphatic heterocycles. The molecule has 0 saturated carbocycles. The lowest BCUT2D eigenvalue weighted by atomic mass is 10.1. The van der Waals surface area contributed by atoms with Gasteiger partial charge in [0.2, 0.25) is 10.0 Å². The Labute approximate surface area is 191 Å². The van der Waals surface area contributed by atoms with Crippen LogP contribution in [0.3, 0.4) is 0 Å². The van der Waals surface area contributed by atoms with E-state index in [1.807, 2.05) is 6.07 Å². The van der Waals surface area contributed by atoms with Crippen LogP contribution in [0.2, 0.25) is 0 Å². The molecule has 1 saturated heterocycles. The summed E-state index contributed by atoms with van der Waals surface area (Å²) in [6.45, 7) is 9.03. The Morgan fingerprint density at radius 3 is 2.41 bits per heavy atom. The molecule has 32 heavy (non-hydrogen) atoms. The van der Waals surface area contributed by atoms with Crippen molar-refractivity contribution in [3.05, 3.63) is 59.4 Å². The molecule has 0 amide bonds. The fourth-order valence-corrected chi connectivity index (χ4v) is 6.00. The van der Waals surface area contributed by atoms with E-state index in [-0.39, 0.29) is 6.04 Å². The number of fused-ring (bicyclic) bond motifs is 1. The van der Waals surface area contributed by atoms with Gasteiger partial charge in [-0.2, -0.15) is 4.31 Å². The van der Waals surface area contributed by atoms with Crippen LogP contribution in [0.4, 0.5) is 0 Å². The van der Waals surface area contributed by atoms with Gasteiger partial charge in [0.15, 0.2) is 0 Å². The zero-order chi connectivity index (χ0) is 22.7. The molecule has 3 aromatic rings. The van der Waals surface area contributed by atoms with Crippen molar-refractivity contribution in [1.29, 1.82) is 0 Å². The maximum absolute atomic E-state index is 13.1. The van der Waals surface area contributed by atoms with Crippen LogP contribution in [-0.2, 0) is 29.5 Å². The van der Waals surface area contributed by atoms with Crippen molar-refractivity contribution in [3.63, 3.8) is 0 Å². The molecular weight excluding hydrogens is 420 g/mol. The highest BCUT2D eigenvalue weighted by atomic mass is 32.2. The molecule has 1 fully saturated rings. The first kappa shape index (κ1) is 23.0. The Bertz CT molecular complexity index is 1160. The minimum atomic E-state index is -3.46. The summed E-state index contributed by atoms with van der Waals surface area (Å²) in [5.74, 6) is 0.923. The summed E-state index contributed by atoms with van der Waals surface area (Å²) in [6.07, 6.45) is 4.00. The van der Waals surface area contributed by atoms with Crippen molar-refractivity contribution in [3.8, 4) is 0 Å². The summed E-state index contributed by atoms with van der Waals surface area (Å²) in [4.78, 5) is 5.16. The number of piperidine rings is 1. The molecule has 6 nitrogen and oxygen atoms in total. The number of hydrogen-bond acceptors (Lipinski definition) is 4. The van der Waals surface area contributed by atoms with Gasteiger partial charge >= 0.3 is 0 Å². The van der Waals surface area contributed by atoms with Crippen molar-refractivity contribution in [1.82, 2.24) is 19.2 Å². The van der Waals surface area contributed by atoms with E-state index >= 15 is 0 Å². The molecule has 7 heteroatoms. The van der Waals surface area contributed by atoms with Gasteiger partial charge in [0.1, 0.15) is 5.82 Å². The molecule has 0 unspecified atom stereocenters. The fourth-order valence-electron chi connectivity index (χ4n) is 4.47. The number of nitrogens with zero attached hydrogens (tertiary/aromatic N) is 3. The van der Waals surface area contributed by atoms with Crippen LogP contribution in [0, 0.1) is 0 Å². The van der Waals surface area contributed by atoms with Gasteiger partial charge in [0, 0.05) is 25.7 Å². The van der Waals surface area contributed by atoms with Gasteiger partial charge in [-0.25, -0.2) is 13.4 Å². The first-order chi connectivity index (χ1) is 15.4. The summed E-state index contributed by atoms with van der Waals surface area (Å²) in [7, 11) is -3.46. The second-order valence-electron chi connectivity index (χ2n) is 8.59. The van der Waals surface area contributed by atoms with Crippen LogP contribution in [-0.4, -0.2) is 35.4 Å². The van der Waals surface area contributed by atoms with Gasteiger partial charge in [0.25, 0.3) is 0 Å². The molecule has 1 aliphatic rings.